The van der Waals surface area contributed by atoms with E-state index in [1.807, 2.05) is 33.6 Å². The lowest BCUT2D eigenvalue weighted by atomic mass is 10.3. The molecule has 0 aromatic carbocycles. The molecule has 1 aliphatic heterocycles. The molecule has 3 heterocycles. The molecule has 0 radical (unpaired) electrons. The molecule has 0 unspecified atom stereocenters. The first kappa shape index (κ1) is 15.9. The lowest BCUT2D eigenvalue weighted by Gasteiger charge is -2.23. The molecule has 0 N–H and O–H groups in total. The smallest absolute Gasteiger partial charge is 0.254 e. The molecule has 1 amide bonds. The number of halogens is 1. The van der Waals surface area contributed by atoms with Crippen LogP contribution in [0, 0.1) is 5.82 Å². The molecule has 5 nitrogen and oxygen atoms in total. The third-order valence-corrected chi connectivity index (χ3v) is 4.71. The molecule has 1 fully saturated rings. The zero-order valence-corrected chi connectivity index (χ0v) is 13.9. The van der Waals surface area contributed by atoms with Crippen LogP contribution in [0.25, 0.3) is 0 Å². The standard InChI is InChI=1S/C16H19FN4OS/c1-2-13-14(17)15(19-11-18-13)20-5-3-6-21(8-7-20)16(22)12-4-9-23-10-12/h4,9-11H,2-3,5-8H2,1H3. The predicted molar refractivity (Wildman–Crippen MR) is 88.4 cm³/mol. The number of thiophene rings is 1. The topological polar surface area (TPSA) is 49.3 Å². The van der Waals surface area contributed by atoms with Crippen molar-refractivity contribution in [1.29, 1.82) is 0 Å². The van der Waals surface area contributed by atoms with Crippen LogP contribution in [0.4, 0.5) is 10.2 Å². The maximum absolute atomic E-state index is 14.4. The molecule has 1 aliphatic rings. The zero-order valence-electron chi connectivity index (χ0n) is 13.0. The van der Waals surface area contributed by atoms with Gasteiger partial charge in [0.15, 0.2) is 11.6 Å². The van der Waals surface area contributed by atoms with Crippen LogP contribution >= 0.6 is 11.3 Å². The molecule has 122 valence electrons. The van der Waals surface area contributed by atoms with Crippen LogP contribution in [0.1, 0.15) is 29.4 Å². The monoisotopic (exact) mass is 334 g/mol. The van der Waals surface area contributed by atoms with Gasteiger partial charge in [0.2, 0.25) is 0 Å². The first-order chi connectivity index (χ1) is 11.2. The van der Waals surface area contributed by atoms with E-state index in [9.17, 15) is 9.18 Å². The van der Waals surface area contributed by atoms with Gasteiger partial charge in [-0.2, -0.15) is 11.3 Å². The highest BCUT2D eigenvalue weighted by Crippen LogP contribution is 2.20. The summed E-state index contributed by atoms with van der Waals surface area (Å²) in [6.45, 7) is 4.38. The van der Waals surface area contributed by atoms with Gasteiger partial charge in [-0.25, -0.2) is 14.4 Å². The van der Waals surface area contributed by atoms with Gasteiger partial charge in [0, 0.05) is 31.6 Å². The summed E-state index contributed by atoms with van der Waals surface area (Å²) in [5.41, 5.74) is 1.16. The SMILES string of the molecule is CCc1ncnc(N2CCCN(C(=O)c3ccsc3)CC2)c1F. The van der Waals surface area contributed by atoms with Gasteiger partial charge in [0.1, 0.15) is 6.33 Å². The Labute approximate surface area is 138 Å². The summed E-state index contributed by atoms with van der Waals surface area (Å²) < 4.78 is 14.4. The summed E-state index contributed by atoms with van der Waals surface area (Å²) in [5, 5.41) is 3.77. The number of carbonyl (C=O) groups excluding carboxylic acids is 1. The van der Waals surface area contributed by atoms with Crippen molar-refractivity contribution in [2.45, 2.75) is 19.8 Å². The molecule has 0 bridgehead atoms. The Morgan fingerprint density at radius 2 is 2.17 bits per heavy atom. The number of hydrogen-bond acceptors (Lipinski definition) is 5. The molecular weight excluding hydrogens is 315 g/mol. The van der Waals surface area contributed by atoms with E-state index in [2.05, 4.69) is 9.97 Å². The number of rotatable bonds is 3. The van der Waals surface area contributed by atoms with Gasteiger partial charge in [-0.15, -0.1) is 0 Å². The predicted octanol–water partition coefficient (Wildman–Crippen LogP) is 2.59. The third kappa shape index (κ3) is 3.34. The summed E-state index contributed by atoms with van der Waals surface area (Å²) in [6, 6.07) is 1.84. The zero-order chi connectivity index (χ0) is 16.2. The van der Waals surface area contributed by atoms with E-state index in [4.69, 9.17) is 0 Å². The van der Waals surface area contributed by atoms with Crippen LogP contribution in [0.15, 0.2) is 23.2 Å². The molecular formula is C16H19FN4OS. The number of aryl methyl sites for hydroxylation is 1. The first-order valence-electron chi connectivity index (χ1n) is 7.76. The number of aromatic nitrogens is 2. The summed E-state index contributed by atoms with van der Waals surface area (Å²) in [5.74, 6) is 0.0554. The van der Waals surface area contributed by atoms with Crippen LogP contribution in [0.3, 0.4) is 0 Å². The maximum atomic E-state index is 14.4. The number of hydrogen-bond donors (Lipinski definition) is 0. The van der Waals surface area contributed by atoms with Gasteiger partial charge in [0.25, 0.3) is 5.91 Å². The van der Waals surface area contributed by atoms with Crippen molar-refractivity contribution in [2.75, 3.05) is 31.1 Å². The average Bonchev–Trinajstić information content (AvgIpc) is 3.00. The van der Waals surface area contributed by atoms with Crippen molar-refractivity contribution in [1.82, 2.24) is 14.9 Å². The quantitative estimate of drug-likeness (QED) is 0.866. The van der Waals surface area contributed by atoms with E-state index in [0.29, 0.717) is 44.1 Å². The van der Waals surface area contributed by atoms with E-state index < -0.39 is 0 Å². The number of amides is 1. The normalized spacial score (nSPS) is 15.6. The number of anilines is 1. The minimum Gasteiger partial charge on any atom is -0.352 e. The van der Waals surface area contributed by atoms with Crippen LogP contribution < -0.4 is 4.90 Å². The Morgan fingerprint density at radius 1 is 1.30 bits per heavy atom. The second-order valence-corrected chi connectivity index (χ2v) is 6.24. The van der Waals surface area contributed by atoms with Crippen molar-refractivity contribution in [2.24, 2.45) is 0 Å². The van der Waals surface area contributed by atoms with E-state index in [0.717, 1.165) is 12.0 Å². The van der Waals surface area contributed by atoms with Crippen molar-refractivity contribution in [3.63, 3.8) is 0 Å². The number of nitrogens with zero attached hydrogens (tertiary/aromatic N) is 4. The van der Waals surface area contributed by atoms with E-state index >= 15 is 0 Å². The van der Waals surface area contributed by atoms with Crippen molar-refractivity contribution < 1.29 is 9.18 Å². The highest BCUT2D eigenvalue weighted by atomic mass is 32.1. The van der Waals surface area contributed by atoms with Gasteiger partial charge in [-0.3, -0.25) is 4.79 Å². The van der Waals surface area contributed by atoms with Crippen LogP contribution in [0.5, 0.6) is 0 Å². The van der Waals surface area contributed by atoms with Crippen LogP contribution in [-0.2, 0) is 6.42 Å². The van der Waals surface area contributed by atoms with Gasteiger partial charge in [-0.05, 0) is 24.3 Å². The molecule has 1 saturated heterocycles. The highest BCUT2D eigenvalue weighted by molar-refractivity contribution is 7.08. The molecule has 3 rings (SSSR count). The summed E-state index contributed by atoms with van der Waals surface area (Å²) in [4.78, 5) is 24.3. The summed E-state index contributed by atoms with van der Waals surface area (Å²) in [7, 11) is 0. The van der Waals surface area contributed by atoms with Gasteiger partial charge >= 0.3 is 0 Å². The molecule has 2 aromatic rings. The fourth-order valence-electron chi connectivity index (χ4n) is 2.76. The fourth-order valence-corrected chi connectivity index (χ4v) is 3.39. The Kier molecular flexibility index (Phi) is 4.85. The largest absolute Gasteiger partial charge is 0.352 e. The molecule has 7 heteroatoms. The second-order valence-electron chi connectivity index (χ2n) is 5.46. The summed E-state index contributed by atoms with van der Waals surface area (Å²) in [6.07, 6.45) is 2.75. The van der Waals surface area contributed by atoms with Gasteiger partial charge in [0.05, 0.1) is 11.3 Å². The van der Waals surface area contributed by atoms with Gasteiger partial charge < -0.3 is 9.80 Å². The average molecular weight is 334 g/mol. The Balaban J connectivity index is 1.73. The first-order valence-corrected chi connectivity index (χ1v) is 8.70. The molecule has 0 saturated carbocycles. The Hall–Kier alpha value is -2.02. The molecule has 0 aliphatic carbocycles. The summed E-state index contributed by atoms with van der Waals surface area (Å²) >= 11 is 1.52. The Morgan fingerprint density at radius 3 is 2.91 bits per heavy atom. The Bertz CT molecular complexity index is 677. The third-order valence-electron chi connectivity index (χ3n) is 4.03. The van der Waals surface area contributed by atoms with E-state index in [-0.39, 0.29) is 11.7 Å². The van der Waals surface area contributed by atoms with Crippen molar-refractivity contribution in [3.8, 4) is 0 Å². The van der Waals surface area contributed by atoms with Crippen molar-refractivity contribution >= 4 is 23.1 Å². The lowest BCUT2D eigenvalue weighted by Crippen LogP contribution is -2.35. The minimum atomic E-state index is -0.340. The minimum absolute atomic E-state index is 0.0468. The van der Waals surface area contributed by atoms with E-state index in [1.165, 1.54) is 17.7 Å². The molecule has 0 spiro atoms. The van der Waals surface area contributed by atoms with Crippen LogP contribution in [0.2, 0.25) is 0 Å². The maximum Gasteiger partial charge on any atom is 0.254 e. The van der Waals surface area contributed by atoms with E-state index in [1.54, 1.807) is 0 Å². The molecule has 0 atom stereocenters. The fraction of sp³-hybridized carbons (Fsp3) is 0.438. The van der Waals surface area contributed by atoms with Gasteiger partial charge in [-0.1, -0.05) is 6.92 Å². The highest BCUT2D eigenvalue weighted by Gasteiger charge is 2.23. The molecule has 23 heavy (non-hydrogen) atoms. The number of carbonyl (C=O) groups is 1. The van der Waals surface area contributed by atoms with Crippen molar-refractivity contribution in [3.05, 3.63) is 40.2 Å². The van der Waals surface area contributed by atoms with Crippen LogP contribution in [-0.4, -0.2) is 47.0 Å². The lowest BCUT2D eigenvalue weighted by molar-refractivity contribution is 0.0767. The second kappa shape index (κ2) is 7.04. The molecule has 2 aromatic heterocycles.